The van der Waals surface area contributed by atoms with Gasteiger partial charge in [0, 0.05) is 13.6 Å². The smallest absolute Gasteiger partial charge is 0.315 e. The Kier molecular flexibility index (Phi) is 3.04. The molecular weight excluding hydrogens is 238 g/mol. The maximum Gasteiger partial charge on any atom is 0.315 e. The van der Waals surface area contributed by atoms with Crippen LogP contribution in [0.3, 0.4) is 0 Å². The van der Waals surface area contributed by atoms with Crippen molar-refractivity contribution in [1.82, 2.24) is 10.6 Å². The first-order chi connectivity index (χ1) is 9.00. The van der Waals surface area contributed by atoms with Crippen molar-refractivity contribution in [2.24, 2.45) is 28.9 Å². The van der Waals surface area contributed by atoms with Crippen LogP contribution in [0, 0.1) is 23.2 Å². The predicted octanol–water partition coefficient (Wildman–Crippen LogP) is 1.85. The highest BCUT2D eigenvalue weighted by molar-refractivity contribution is 5.74. The van der Waals surface area contributed by atoms with Crippen LogP contribution in [0.15, 0.2) is 0 Å². The molecule has 0 aliphatic heterocycles. The Bertz CT molecular complexity index is 346. The minimum absolute atomic E-state index is 0.0938. The van der Waals surface area contributed by atoms with E-state index in [-0.39, 0.29) is 17.0 Å². The number of nitrogens with two attached hydrogens (primary N) is 1. The highest BCUT2D eigenvalue weighted by atomic mass is 16.2. The van der Waals surface area contributed by atoms with Crippen molar-refractivity contribution in [1.29, 1.82) is 0 Å². The summed E-state index contributed by atoms with van der Waals surface area (Å²) in [5.74, 6) is 2.64. The van der Waals surface area contributed by atoms with Crippen molar-refractivity contribution >= 4 is 6.03 Å². The van der Waals surface area contributed by atoms with Crippen LogP contribution in [-0.4, -0.2) is 25.2 Å². The number of carbonyl (C=O) groups is 1. The van der Waals surface area contributed by atoms with Crippen LogP contribution in [0.25, 0.3) is 0 Å². The summed E-state index contributed by atoms with van der Waals surface area (Å²) in [6.07, 6.45) is 8.03. The molecular formula is C15H27N3O. The molecule has 1 atom stereocenters. The number of hydrogen-bond donors (Lipinski definition) is 3. The van der Waals surface area contributed by atoms with Crippen molar-refractivity contribution in [2.75, 3.05) is 13.6 Å². The number of carbonyl (C=O) groups excluding carboxylic acids is 1. The molecule has 19 heavy (non-hydrogen) atoms. The van der Waals surface area contributed by atoms with E-state index < -0.39 is 0 Å². The monoisotopic (exact) mass is 265 g/mol. The zero-order valence-electron chi connectivity index (χ0n) is 12.2. The molecule has 0 aromatic carbocycles. The van der Waals surface area contributed by atoms with Gasteiger partial charge >= 0.3 is 6.03 Å². The third kappa shape index (κ3) is 1.95. The van der Waals surface area contributed by atoms with Crippen LogP contribution in [0.1, 0.15) is 45.4 Å². The molecule has 2 amide bonds. The number of nitrogens with one attached hydrogen (secondary N) is 2. The van der Waals surface area contributed by atoms with E-state index in [9.17, 15) is 4.79 Å². The molecule has 0 saturated heterocycles. The maximum atomic E-state index is 11.8. The minimum atomic E-state index is -0.261. The Labute approximate surface area is 115 Å². The van der Waals surface area contributed by atoms with Gasteiger partial charge < -0.3 is 16.4 Å². The first-order valence-electron chi connectivity index (χ1n) is 7.70. The molecule has 4 aliphatic carbocycles. The van der Waals surface area contributed by atoms with Gasteiger partial charge in [0.1, 0.15) is 0 Å². The second kappa shape index (κ2) is 4.37. The van der Waals surface area contributed by atoms with Crippen LogP contribution in [0.2, 0.25) is 0 Å². The molecule has 4 aliphatic rings. The fourth-order valence-electron chi connectivity index (χ4n) is 5.50. The zero-order valence-corrected chi connectivity index (χ0v) is 12.2. The molecule has 108 valence electrons. The third-order valence-corrected chi connectivity index (χ3v) is 6.23. The van der Waals surface area contributed by atoms with Gasteiger partial charge in [0.25, 0.3) is 0 Å². The van der Waals surface area contributed by atoms with Crippen LogP contribution in [0.4, 0.5) is 4.79 Å². The molecule has 0 spiro atoms. The molecule has 4 rings (SSSR count). The van der Waals surface area contributed by atoms with Gasteiger partial charge in [-0.15, -0.1) is 0 Å². The Morgan fingerprint density at radius 1 is 1.21 bits per heavy atom. The summed E-state index contributed by atoms with van der Waals surface area (Å²) in [4.78, 5) is 11.8. The summed E-state index contributed by atoms with van der Waals surface area (Å²) in [7, 11) is 1.67. The summed E-state index contributed by atoms with van der Waals surface area (Å²) in [5, 5.41) is 5.86. The summed E-state index contributed by atoms with van der Waals surface area (Å²) in [6, 6.07) is -0.0938. The van der Waals surface area contributed by atoms with Crippen LogP contribution < -0.4 is 16.4 Å². The molecule has 0 heterocycles. The molecule has 0 aromatic rings. The molecule has 0 aromatic heterocycles. The lowest BCUT2D eigenvalue weighted by Gasteiger charge is -2.63. The lowest BCUT2D eigenvalue weighted by Crippen LogP contribution is -2.67. The standard InChI is InChI=1S/C15H27N3O/c1-14(9-16,18-13(19)17-2)15-6-10-3-11(7-15)5-12(4-10)8-15/h10-12H,3-9,16H2,1-2H3,(H2,17,18,19). The second-order valence-corrected chi connectivity index (χ2v) is 7.44. The summed E-state index contributed by atoms with van der Waals surface area (Å²) >= 11 is 0. The first kappa shape index (κ1) is 13.2. The molecule has 4 saturated carbocycles. The van der Waals surface area contributed by atoms with E-state index >= 15 is 0 Å². The Morgan fingerprint density at radius 2 is 1.68 bits per heavy atom. The van der Waals surface area contributed by atoms with E-state index in [1.807, 2.05) is 0 Å². The average Bonchev–Trinajstić information content (AvgIpc) is 2.36. The Hall–Kier alpha value is -0.770. The van der Waals surface area contributed by atoms with Gasteiger partial charge in [-0.2, -0.15) is 0 Å². The normalized spacial score (nSPS) is 42.8. The molecule has 4 heteroatoms. The van der Waals surface area contributed by atoms with Crippen molar-refractivity contribution in [2.45, 2.75) is 51.0 Å². The maximum absolute atomic E-state index is 11.8. The topological polar surface area (TPSA) is 67.2 Å². The Morgan fingerprint density at radius 3 is 2.05 bits per heavy atom. The largest absolute Gasteiger partial charge is 0.341 e. The van der Waals surface area contributed by atoms with Crippen LogP contribution >= 0.6 is 0 Å². The van der Waals surface area contributed by atoms with Gasteiger partial charge in [0.05, 0.1) is 5.54 Å². The van der Waals surface area contributed by atoms with Gasteiger partial charge in [-0.05, 0) is 68.6 Å². The average molecular weight is 265 g/mol. The van der Waals surface area contributed by atoms with Gasteiger partial charge in [-0.1, -0.05) is 0 Å². The quantitative estimate of drug-likeness (QED) is 0.729. The fraction of sp³-hybridized carbons (Fsp3) is 0.933. The number of amides is 2. The van der Waals surface area contributed by atoms with Crippen molar-refractivity contribution < 1.29 is 4.79 Å². The molecule has 4 fully saturated rings. The van der Waals surface area contributed by atoms with Gasteiger partial charge in [-0.3, -0.25) is 0 Å². The minimum Gasteiger partial charge on any atom is -0.341 e. The number of urea groups is 1. The van der Waals surface area contributed by atoms with E-state index in [1.165, 1.54) is 38.5 Å². The molecule has 4 N–H and O–H groups in total. The second-order valence-electron chi connectivity index (χ2n) is 7.44. The van der Waals surface area contributed by atoms with Crippen molar-refractivity contribution in [3.63, 3.8) is 0 Å². The molecule has 4 bridgehead atoms. The first-order valence-corrected chi connectivity index (χ1v) is 7.70. The fourth-order valence-corrected chi connectivity index (χ4v) is 5.50. The van der Waals surface area contributed by atoms with E-state index in [0.29, 0.717) is 6.54 Å². The highest BCUT2D eigenvalue weighted by Gasteiger charge is 2.58. The molecule has 1 unspecified atom stereocenters. The molecule has 0 radical (unpaired) electrons. The molecule has 4 nitrogen and oxygen atoms in total. The lowest BCUT2D eigenvalue weighted by molar-refractivity contribution is -0.0973. The highest BCUT2D eigenvalue weighted by Crippen LogP contribution is 2.63. The zero-order chi connectivity index (χ0) is 13.7. The summed E-state index contributed by atoms with van der Waals surface area (Å²) in [6.45, 7) is 2.70. The number of rotatable bonds is 3. The van der Waals surface area contributed by atoms with E-state index in [2.05, 4.69) is 17.6 Å². The van der Waals surface area contributed by atoms with Gasteiger partial charge in [0.15, 0.2) is 0 Å². The van der Waals surface area contributed by atoms with Crippen LogP contribution in [0.5, 0.6) is 0 Å². The third-order valence-electron chi connectivity index (χ3n) is 6.23. The van der Waals surface area contributed by atoms with Crippen molar-refractivity contribution in [3.8, 4) is 0 Å². The van der Waals surface area contributed by atoms with Crippen LogP contribution in [-0.2, 0) is 0 Å². The van der Waals surface area contributed by atoms with E-state index in [1.54, 1.807) is 7.05 Å². The summed E-state index contributed by atoms with van der Waals surface area (Å²) < 4.78 is 0. The summed E-state index contributed by atoms with van der Waals surface area (Å²) in [5.41, 5.74) is 6.07. The SMILES string of the molecule is CNC(=O)NC(C)(CN)C12CC3CC(CC(C3)C1)C2. The van der Waals surface area contributed by atoms with Crippen molar-refractivity contribution in [3.05, 3.63) is 0 Å². The van der Waals surface area contributed by atoms with E-state index in [4.69, 9.17) is 5.73 Å². The Balaban J connectivity index is 1.87. The van der Waals surface area contributed by atoms with Gasteiger partial charge in [-0.25, -0.2) is 4.79 Å². The number of hydrogen-bond acceptors (Lipinski definition) is 2. The van der Waals surface area contributed by atoms with Gasteiger partial charge in [0.2, 0.25) is 0 Å². The lowest BCUT2D eigenvalue weighted by atomic mass is 9.45. The predicted molar refractivity (Wildman–Crippen MR) is 75.7 cm³/mol. The van der Waals surface area contributed by atoms with E-state index in [0.717, 1.165) is 17.8 Å².